The van der Waals surface area contributed by atoms with Crippen molar-refractivity contribution >= 4 is 17.2 Å². The maximum Gasteiger partial charge on any atom is 0.369 e. The topological polar surface area (TPSA) is 73.0 Å². The largest absolute Gasteiger partial charge is 0.369 e. The van der Waals surface area contributed by atoms with Crippen LogP contribution in [0, 0.1) is 6.92 Å². The quantitative estimate of drug-likeness (QED) is 0.706. The van der Waals surface area contributed by atoms with Gasteiger partial charge < -0.3 is 4.90 Å². The molecule has 26 heavy (non-hydrogen) atoms. The average Bonchev–Trinajstić information content (AvgIpc) is 3.38. The lowest BCUT2D eigenvalue weighted by molar-refractivity contribution is 0.0719. The predicted molar refractivity (Wildman–Crippen MR) is 98.7 cm³/mol. The lowest BCUT2D eigenvalue weighted by Crippen LogP contribution is -2.40. The first-order chi connectivity index (χ1) is 12.6. The smallest absolute Gasteiger partial charge is 0.334 e. The number of nitrogens with zero attached hydrogens (tertiary/aromatic N) is 5. The van der Waals surface area contributed by atoms with Crippen LogP contribution in [-0.4, -0.2) is 43.2 Å². The van der Waals surface area contributed by atoms with Crippen molar-refractivity contribution in [1.29, 1.82) is 0 Å². The molecule has 1 atom stereocenters. The Morgan fingerprint density at radius 1 is 1.23 bits per heavy atom. The Morgan fingerprint density at radius 2 is 2.08 bits per heavy atom. The number of rotatable bonds is 4. The van der Waals surface area contributed by atoms with Gasteiger partial charge in [0.25, 0.3) is 5.91 Å². The van der Waals surface area contributed by atoms with Gasteiger partial charge in [0.1, 0.15) is 5.00 Å². The van der Waals surface area contributed by atoms with Gasteiger partial charge in [-0.2, -0.15) is 9.36 Å². The molecule has 1 aromatic carbocycles. The molecule has 134 valence electrons. The Morgan fingerprint density at radius 3 is 2.85 bits per heavy atom. The van der Waals surface area contributed by atoms with Gasteiger partial charge in [-0.15, -0.1) is 11.3 Å². The van der Waals surface area contributed by atoms with Crippen LogP contribution in [0.25, 0.3) is 5.00 Å². The van der Waals surface area contributed by atoms with Gasteiger partial charge in [0.15, 0.2) is 0 Å². The number of aromatic nitrogens is 4. The molecule has 0 bridgehead atoms. The fourth-order valence-electron chi connectivity index (χ4n) is 3.38. The van der Waals surface area contributed by atoms with E-state index in [1.165, 1.54) is 20.7 Å². The molecule has 4 rings (SSSR count). The van der Waals surface area contributed by atoms with E-state index in [1.54, 1.807) is 0 Å². The zero-order valence-electron chi connectivity index (χ0n) is 14.4. The molecule has 1 amide bonds. The summed E-state index contributed by atoms with van der Waals surface area (Å²) in [6.45, 7) is 3.00. The third kappa shape index (κ3) is 2.96. The summed E-state index contributed by atoms with van der Waals surface area (Å²) in [4.78, 5) is 27.4. The van der Waals surface area contributed by atoms with Gasteiger partial charge >= 0.3 is 5.69 Å². The van der Waals surface area contributed by atoms with Crippen molar-refractivity contribution in [2.24, 2.45) is 0 Å². The minimum Gasteiger partial charge on any atom is -0.334 e. The number of hydrogen-bond acceptors (Lipinski definition) is 5. The fourth-order valence-corrected chi connectivity index (χ4v) is 4.05. The molecule has 0 spiro atoms. The summed E-state index contributed by atoms with van der Waals surface area (Å²) in [5.74, 6) is 0.0179. The standard InChI is InChI=1S/C18H19N5O2S/c1-13-6-2-3-8-15(13)17(24)21-10-4-7-14(21)12-22-18(25)23(20-19-22)16-9-5-11-26-16/h2-3,5-6,8-9,11,14H,4,7,10,12H2,1H3/t14-/m1/s1. The minimum atomic E-state index is -0.275. The molecule has 3 aromatic rings. The molecule has 2 aromatic heterocycles. The minimum absolute atomic E-state index is 0.0179. The van der Waals surface area contributed by atoms with Crippen molar-refractivity contribution in [3.05, 3.63) is 63.4 Å². The number of tetrazole rings is 1. The van der Waals surface area contributed by atoms with Crippen molar-refractivity contribution in [2.75, 3.05) is 6.54 Å². The number of aryl methyl sites for hydroxylation is 1. The molecule has 3 heterocycles. The maximum absolute atomic E-state index is 12.9. The molecular weight excluding hydrogens is 350 g/mol. The van der Waals surface area contributed by atoms with Crippen LogP contribution in [0.15, 0.2) is 46.6 Å². The lowest BCUT2D eigenvalue weighted by atomic mass is 10.1. The SMILES string of the molecule is Cc1ccccc1C(=O)N1CCC[C@@H]1Cn1nnn(-c2cccs2)c1=O. The van der Waals surface area contributed by atoms with Gasteiger partial charge in [0, 0.05) is 12.1 Å². The van der Waals surface area contributed by atoms with E-state index in [2.05, 4.69) is 10.4 Å². The number of likely N-dealkylation sites (tertiary alicyclic amines) is 1. The number of carbonyl (C=O) groups excluding carboxylic acids is 1. The summed E-state index contributed by atoms with van der Waals surface area (Å²) in [6, 6.07) is 11.2. The summed E-state index contributed by atoms with van der Waals surface area (Å²) >= 11 is 1.43. The number of thiophene rings is 1. The van der Waals surface area contributed by atoms with Crippen LogP contribution in [0.2, 0.25) is 0 Å². The highest BCUT2D eigenvalue weighted by Crippen LogP contribution is 2.22. The first kappa shape index (κ1) is 16.7. The molecule has 1 aliphatic heterocycles. The second-order valence-corrected chi connectivity index (χ2v) is 7.34. The highest BCUT2D eigenvalue weighted by Gasteiger charge is 2.31. The monoisotopic (exact) mass is 369 g/mol. The Kier molecular flexibility index (Phi) is 4.42. The summed E-state index contributed by atoms with van der Waals surface area (Å²) in [5.41, 5.74) is 1.40. The number of benzene rings is 1. The molecule has 8 heteroatoms. The molecule has 0 radical (unpaired) electrons. The lowest BCUT2D eigenvalue weighted by Gasteiger charge is -2.25. The predicted octanol–water partition coefficient (Wildman–Crippen LogP) is 2.10. The van der Waals surface area contributed by atoms with Gasteiger partial charge in [0.05, 0.1) is 12.6 Å². The molecule has 0 unspecified atom stereocenters. The van der Waals surface area contributed by atoms with E-state index < -0.39 is 0 Å². The van der Waals surface area contributed by atoms with Gasteiger partial charge in [-0.1, -0.05) is 18.2 Å². The zero-order chi connectivity index (χ0) is 18.1. The first-order valence-corrected chi connectivity index (χ1v) is 9.46. The van der Waals surface area contributed by atoms with Gasteiger partial charge in [-0.05, 0) is 59.3 Å². The van der Waals surface area contributed by atoms with E-state index in [0.29, 0.717) is 18.7 Å². The Labute approximate surface area is 154 Å². The molecule has 0 saturated carbocycles. The van der Waals surface area contributed by atoms with Crippen molar-refractivity contribution in [3.8, 4) is 5.00 Å². The van der Waals surface area contributed by atoms with E-state index in [9.17, 15) is 9.59 Å². The fraction of sp³-hybridized carbons (Fsp3) is 0.333. The van der Waals surface area contributed by atoms with Crippen LogP contribution in [0.3, 0.4) is 0 Å². The van der Waals surface area contributed by atoms with E-state index in [0.717, 1.165) is 23.4 Å². The third-order valence-electron chi connectivity index (χ3n) is 4.75. The van der Waals surface area contributed by atoms with E-state index in [4.69, 9.17) is 0 Å². The van der Waals surface area contributed by atoms with Crippen molar-refractivity contribution in [3.63, 3.8) is 0 Å². The summed E-state index contributed by atoms with van der Waals surface area (Å²) < 4.78 is 2.65. The first-order valence-electron chi connectivity index (χ1n) is 8.58. The van der Waals surface area contributed by atoms with E-state index >= 15 is 0 Å². The number of hydrogen-bond donors (Lipinski definition) is 0. The van der Waals surface area contributed by atoms with E-state index in [-0.39, 0.29) is 17.6 Å². The van der Waals surface area contributed by atoms with Gasteiger partial charge in [-0.3, -0.25) is 4.79 Å². The van der Waals surface area contributed by atoms with Crippen LogP contribution >= 0.6 is 11.3 Å². The molecule has 1 fully saturated rings. The molecule has 1 saturated heterocycles. The number of carbonyl (C=O) groups is 1. The molecule has 0 N–H and O–H groups in total. The van der Waals surface area contributed by atoms with Crippen molar-refractivity contribution in [1.82, 2.24) is 24.7 Å². The maximum atomic E-state index is 12.9. The van der Waals surface area contributed by atoms with Crippen LogP contribution in [0.5, 0.6) is 0 Å². The second kappa shape index (κ2) is 6.87. The van der Waals surface area contributed by atoms with E-state index in [1.807, 2.05) is 53.6 Å². The van der Waals surface area contributed by atoms with Gasteiger partial charge in [-0.25, -0.2) is 4.79 Å². The highest BCUT2D eigenvalue weighted by molar-refractivity contribution is 7.12. The van der Waals surface area contributed by atoms with Crippen molar-refractivity contribution in [2.45, 2.75) is 32.4 Å². The normalized spacial score (nSPS) is 17.0. The Bertz CT molecular complexity index is 976. The van der Waals surface area contributed by atoms with Crippen LogP contribution in [0.4, 0.5) is 0 Å². The van der Waals surface area contributed by atoms with Gasteiger partial charge in [0.2, 0.25) is 0 Å². The Hall–Kier alpha value is -2.74. The Balaban J connectivity index is 1.56. The number of amides is 1. The molecule has 0 aliphatic carbocycles. The summed E-state index contributed by atoms with van der Waals surface area (Å²) in [5, 5.41) is 10.6. The molecule has 1 aliphatic rings. The summed E-state index contributed by atoms with van der Waals surface area (Å²) in [6.07, 6.45) is 1.78. The van der Waals surface area contributed by atoms with Crippen LogP contribution < -0.4 is 5.69 Å². The molecular formula is C18H19N5O2S. The van der Waals surface area contributed by atoms with Crippen molar-refractivity contribution < 1.29 is 4.79 Å². The summed E-state index contributed by atoms with van der Waals surface area (Å²) in [7, 11) is 0. The van der Waals surface area contributed by atoms with Crippen LogP contribution in [-0.2, 0) is 6.54 Å². The molecule has 7 nitrogen and oxygen atoms in total. The average molecular weight is 369 g/mol. The second-order valence-electron chi connectivity index (χ2n) is 6.42. The third-order valence-corrected chi connectivity index (χ3v) is 5.60. The van der Waals surface area contributed by atoms with Crippen LogP contribution in [0.1, 0.15) is 28.8 Å². The zero-order valence-corrected chi connectivity index (χ0v) is 15.2. The highest BCUT2D eigenvalue weighted by atomic mass is 32.1.